The molecular weight excluding hydrogens is 282 g/mol. The first-order chi connectivity index (χ1) is 10.8. The van der Waals surface area contributed by atoms with E-state index in [4.69, 9.17) is 14.2 Å². The number of carbonyl (C=O) groups is 1. The zero-order valence-corrected chi connectivity index (χ0v) is 13.1. The molecule has 1 fully saturated rings. The molecule has 2 atom stereocenters. The van der Waals surface area contributed by atoms with Gasteiger partial charge in [-0.1, -0.05) is 30.3 Å². The Balaban J connectivity index is 1.73. The minimum absolute atomic E-state index is 0.0961. The van der Waals surface area contributed by atoms with Gasteiger partial charge in [0.15, 0.2) is 6.29 Å². The summed E-state index contributed by atoms with van der Waals surface area (Å²) in [5.74, 6) is -0.252. The zero-order chi connectivity index (χ0) is 15.6. The molecule has 1 heterocycles. The van der Waals surface area contributed by atoms with Crippen LogP contribution < -0.4 is 5.32 Å². The number of benzene rings is 1. The van der Waals surface area contributed by atoms with Crippen molar-refractivity contribution >= 4 is 5.97 Å². The molecule has 1 aromatic carbocycles. The summed E-state index contributed by atoms with van der Waals surface area (Å²) in [5.41, 5.74) is 1.10. The maximum Gasteiger partial charge on any atom is 0.323 e. The minimum atomic E-state index is -0.358. The molecule has 1 aliphatic heterocycles. The van der Waals surface area contributed by atoms with Crippen LogP contribution in [0.2, 0.25) is 0 Å². The quantitative estimate of drug-likeness (QED) is 0.587. The predicted molar refractivity (Wildman–Crippen MR) is 83.5 cm³/mol. The van der Waals surface area contributed by atoms with E-state index in [1.54, 1.807) is 0 Å². The van der Waals surface area contributed by atoms with Crippen molar-refractivity contribution in [3.8, 4) is 0 Å². The van der Waals surface area contributed by atoms with Crippen molar-refractivity contribution in [1.82, 2.24) is 5.32 Å². The molecule has 2 rings (SSSR count). The van der Waals surface area contributed by atoms with Gasteiger partial charge in [-0.3, -0.25) is 4.79 Å². The van der Waals surface area contributed by atoms with Crippen molar-refractivity contribution in [2.75, 3.05) is 26.9 Å². The number of hydrogen-bond acceptors (Lipinski definition) is 5. The maximum atomic E-state index is 11.9. The van der Waals surface area contributed by atoms with Crippen LogP contribution in [-0.2, 0) is 25.4 Å². The normalized spacial score (nSPS) is 19.6. The second-order valence-corrected chi connectivity index (χ2v) is 5.39. The van der Waals surface area contributed by atoms with Gasteiger partial charge in [0, 0.05) is 13.2 Å². The number of carbonyl (C=O) groups excluding carboxylic acids is 1. The third kappa shape index (κ3) is 5.75. The lowest BCUT2D eigenvalue weighted by Crippen LogP contribution is -2.41. The van der Waals surface area contributed by atoms with Crippen LogP contribution in [0.15, 0.2) is 30.3 Å². The smallest absolute Gasteiger partial charge is 0.323 e. The van der Waals surface area contributed by atoms with Crippen molar-refractivity contribution in [3.63, 3.8) is 0 Å². The molecule has 5 nitrogen and oxygen atoms in total. The highest BCUT2D eigenvalue weighted by atomic mass is 16.7. The van der Waals surface area contributed by atoms with E-state index in [9.17, 15) is 4.79 Å². The fourth-order valence-electron chi connectivity index (χ4n) is 2.50. The molecule has 0 amide bonds. The van der Waals surface area contributed by atoms with Crippen molar-refractivity contribution in [1.29, 1.82) is 0 Å². The molecule has 22 heavy (non-hydrogen) atoms. The average Bonchev–Trinajstić information content (AvgIpc) is 2.58. The van der Waals surface area contributed by atoms with Gasteiger partial charge >= 0.3 is 5.97 Å². The summed E-state index contributed by atoms with van der Waals surface area (Å²) in [4.78, 5) is 11.9. The molecule has 0 unspecified atom stereocenters. The summed E-state index contributed by atoms with van der Waals surface area (Å²) >= 11 is 0. The van der Waals surface area contributed by atoms with E-state index >= 15 is 0 Å². The Morgan fingerprint density at radius 2 is 2.18 bits per heavy atom. The van der Waals surface area contributed by atoms with Crippen LogP contribution in [0, 0.1) is 0 Å². The molecule has 0 spiro atoms. The second kappa shape index (κ2) is 9.56. The number of esters is 1. The Morgan fingerprint density at radius 3 is 2.86 bits per heavy atom. The van der Waals surface area contributed by atoms with Crippen LogP contribution in [0.1, 0.15) is 24.8 Å². The number of nitrogens with one attached hydrogen (secondary N) is 1. The summed E-state index contributed by atoms with van der Waals surface area (Å²) in [6.45, 7) is 1.89. The molecule has 0 saturated carbocycles. The second-order valence-electron chi connectivity index (χ2n) is 5.39. The highest BCUT2D eigenvalue weighted by Gasteiger charge is 2.19. The number of methoxy groups -OCH3 is 1. The van der Waals surface area contributed by atoms with Gasteiger partial charge < -0.3 is 19.5 Å². The maximum absolute atomic E-state index is 11.9. The molecule has 5 heteroatoms. The molecule has 1 aromatic rings. The molecule has 0 aliphatic carbocycles. The van der Waals surface area contributed by atoms with E-state index in [-0.39, 0.29) is 18.3 Å². The van der Waals surface area contributed by atoms with E-state index in [0.717, 1.165) is 31.4 Å². The van der Waals surface area contributed by atoms with Crippen molar-refractivity contribution in [2.24, 2.45) is 0 Å². The zero-order valence-electron chi connectivity index (χ0n) is 13.1. The Bertz CT molecular complexity index is 432. The summed E-state index contributed by atoms with van der Waals surface area (Å²) in [5, 5.41) is 3.20. The highest BCUT2D eigenvalue weighted by molar-refractivity contribution is 5.76. The topological polar surface area (TPSA) is 56.8 Å². The fraction of sp³-hybridized carbons (Fsp3) is 0.588. The van der Waals surface area contributed by atoms with Crippen LogP contribution in [0.3, 0.4) is 0 Å². The van der Waals surface area contributed by atoms with E-state index < -0.39 is 0 Å². The van der Waals surface area contributed by atoms with Gasteiger partial charge in [-0.2, -0.15) is 0 Å². The summed E-state index contributed by atoms with van der Waals surface area (Å²) < 4.78 is 16.0. The number of rotatable bonds is 8. The van der Waals surface area contributed by atoms with Gasteiger partial charge in [-0.05, 0) is 31.2 Å². The molecule has 1 aliphatic rings. The average molecular weight is 307 g/mol. The standard InChI is InChI=1S/C17H25NO4/c1-20-17(19)15(13-14-7-3-2-4-8-14)18-10-12-22-16-9-5-6-11-21-16/h2-4,7-8,15-16,18H,5-6,9-13H2,1H3/t15-,16-/m0/s1. The molecule has 1 saturated heterocycles. The van der Waals surface area contributed by atoms with E-state index in [1.807, 2.05) is 30.3 Å². The Labute approximate surface area is 131 Å². The Hall–Kier alpha value is -1.43. The predicted octanol–water partition coefficient (Wildman–Crippen LogP) is 1.90. The largest absolute Gasteiger partial charge is 0.468 e. The van der Waals surface area contributed by atoms with Crippen LogP contribution >= 0.6 is 0 Å². The lowest BCUT2D eigenvalue weighted by Gasteiger charge is -2.23. The molecule has 122 valence electrons. The lowest BCUT2D eigenvalue weighted by atomic mass is 10.1. The molecular formula is C17H25NO4. The third-order valence-electron chi connectivity index (χ3n) is 3.70. The third-order valence-corrected chi connectivity index (χ3v) is 3.70. The number of hydrogen-bond donors (Lipinski definition) is 1. The Morgan fingerprint density at radius 1 is 1.36 bits per heavy atom. The SMILES string of the molecule is COC(=O)[C@H](Cc1ccccc1)NCCO[C@H]1CCCCO1. The van der Waals surface area contributed by atoms with Gasteiger partial charge in [0.2, 0.25) is 0 Å². The van der Waals surface area contributed by atoms with Crippen LogP contribution in [0.5, 0.6) is 0 Å². The van der Waals surface area contributed by atoms with Gasteiger partial charge in [-0.15, -0.1) is 0 Å². The first-order valence-electron chi connectivity index (χ1n) is 7.88. The molecule has 0 radical (unpaired) electrons. The van der Waals surface area contributed by atoms with Crippen LogP contribution in [0.4, 0.5) is 0 Å². The van der Waals surface area contributed by atoms with Crippen molar-refractivity contribution in [3.05, 3.63) is 35.9 Å². The van der Waals surface area contributed by atoms with E-state index in [2.05, 4.69) is 5.32 Å². The first-order valence-corrected chi connectivity index (χ1v) is 7.88. The Kier molecular flexibility index (Phi) is 7.36. The summed E-state index contributed by atoms with van der Waals surface area (Å²) in [7, 11) is 1.41. The summed E-state index contributed by atoms with van der Waals surface area (Å²) in [6.07, 6.45) is 3.72. The summed E-state index contributed by atoms with van der Waals surface area (Å²) in [6, 6.07) is 9.54. The van der Waals surface area contributed by atoms with Crippen molar-refractivity contribution < 1.29 is 19.0 Å². The molecule has 1 N–H and O–H groups in total. The van der Waals surface area contributed by atoms with E-state index in [0.29, 0.717) is 19.6 Å². The minimum Gasteiger partial charge on any atom is -0.468 e. The molecule has 0 aromatic heterocycles. The van der Waals surface area contributed by atoms with Gasteiger partial charge in [-0.25, -0.2) is 0 Å². The van der Waals surface area contributed by atoms with Gasteiger partial charge in [0.25, 0.3) is 0 Å². The van der Waals surface area contributed by atoms with E-state index in [1.165, 1.54) is 7.11 Å². The van der Waals surface area contributed by atoms with Crippen molar-refractivity contribution in [2.45, 2.75) is 38.0 Å². The van der Waals surface area contributed by atoms with Crippen LogP contribution in [-0.4, -0.2) is 45.2 Å². The lowest BCUT2D eigenvalue weighted by molar-refractivity contribution is -0.161. The number of ether oxygens (including phenoxy) is 3. The van der Waals surface area contributed by atoms with Gasteiger partial charge in [0.05, 0.1) is 13.7 Å². The molecule has 0 bridgehead atoms. The fourth-order valence-corrected chi connectivity index (χ4v) is 2.50. The van der Waals surface area contributed by atoms with Crippen LogP contribution in [0.25, 0.3) is 0 Å². The first kappa shape index (κ1) is 16.9. The highest BCUT2D eigenvalue weighted by Crippen LogP contribution is 2.13. The monoisotopic (exact) mass is 307 g/mol. The van der Waals surface area contributed by atoms with Gasteiger partial charge in [0.1, 0.15) is 6.04 Å².